The van der Waals surface area contributed by atoms with E-state index in [9.17, 15) is 18.0 Å². The first-order valence-corrected chi connectivity index (χ1v) is 7.18. The lowest BCUT2D eigenvalue weighted by molar-refractivity contribution is 0.0618. The molecule has 0 atom stereocenters. The summed E-state index contributed by atoms with van der Waals surface area (Å²) in [6.07, 6.45) is 0.905. The predicted molar refractivity (Wildman–Crippen MR) is 75.2 cm³/mol. The zero-order chi connectivity index (χ0) is 16.1. The molecule has 22 heavy (non-hydrogen) atoms. The number of halogens is 3. The molecule has 1 saturated heterocycles. The van der Waals surface area contributed by atoms with Gasteiger partial charge in [-0.05, 0) is 18.6 Å². The number of rotatable bonds is 5. The molecule has 0 radical (unpaired) electrons. The smallest absolute Gasteiger partial charge is 0.257 e. The Bertz CT molecular complexity index is 532. The Morgan fingerprint density at radius 2 is 1.82 bits per heavy atom. The molecule has 1 aliphatic heterocycles. The zero-order valence-corrected chi connectivity index (χ0v) is 12.4. The molecule has 122 valence electrons. The van der Waals surface area contributed by atoms with Gasteiger partial charge in [-0.15, -0.1) is 0 Å². The number of hydrogen-bond acceptors (Lipinski definition) is 3. The van der Waals surface area contributed by atoms with Crippen molar-refractivity contribution in [3.05, 3.63) is 35.1 Å². The van der Waals surface area contributed by atoms with E-state index < -0.39 is 28.9 Å². The van der Waals surface area contributed by atoms with Gasteiger partial charge in [-0.2, -0.15) is 0 Å². The largest absolute Gasteiger partial charge is 0.385 e. The van der Waals surface area contributed by atoms with Crippen molar-refractivity contribution in [3.8, 4) is 0 Å². The van der Waals surface area contributed by atoms with E-state index in [2.05, 4.69) is 4.90 Å². The highest BCUT2D eigenvalue weighted by Gasteiger charge is 2.26. The molecule has 0 aliphatic carbocycles. The molecule has 7 heteroatoms. The van der Waals surface area contributed by atoms with E-state index >= 15 is 0 Å². The van der Waals surface area contributed by atoms with Gasteiger partial charge in [-0.3, -0.25) is 9.69 Å². The Morgan fingerprint density at radius 1 is 1.14 bits per heavy atom. The van der Waals surface area contributed by atoms with Crippen molar-refractivity contribution in [2.24, 2.45) is 0 Å². The molecule has 0 saturated carbocycles. The van der Waals surface area contributed by atoms with Crippen molar-refractivity contribution < 1.29 is 22.7 Å². The molecule has 1 aliphatic rings. The number of carbonyl (C=O) groups is 1. The van der Waals surface area contributed by atoms with Gasteiger partial charge in [0.1, 0.15) is 0 Å². The van der Waals surface area contributed by atoms with Crippen molar-refractivity contribution in [2.75, 3.05) is 46.4 Å². The Balaban J connectivity index is 1.94. The lowest BCUT2D eigenvalue weighted by Gasteiger charge is -2.34. The van der Waals surface area contributed by atoms with Crippen LogP contribution in [-0.4, -0.2) is 62.1 Å². The van der Waals surface area contributed by atoms with Crippen LogP contribution < -0.4 is 0 Å². The Kier molecular flexibility index (Phi) is 5.79. The minimum Gasteiger partial charge on any atom is -0.385 e. The van der Waals surface area contributed by atoms with Gasteiger partial charge in [0.15, 0.2) is 17.5 Å². The van der Waals surface area contributed by atoms with Crippen LogP contribution in [0.15, 0.2) is 12.1 Å². The maximum absolute atomic E-state index is 13.7. The van der Waals surface area contributed by atoms with Crippen molar-refractivity contribution >= 4 is 5.91 Å². The maximum Gasteiger partial charge on any atom is 0.257 e. The highest BCUT2D eigenvalue weighted by Crippen LogP contribution is 2.17. The second-order valence-electron chi connectivity index (χ2n) is 5.20. The van der Waals surface area contributed by atoms with Crippen LogP contribution in [0.5, 0.6) is 0 Å². The van der Waals surface area contributed by atoms with Crippen LogP contribution in [0.4, 0.5) is 13.2 Å². The lowest BCUT2D eigenvalue weighted by atomic mass is 10.1. The molecule has 0 bridgehead atoms. The highest BCUT2D eigenvalue weighted by atomic mass is 19.2. The van der Waals surface area contributed by atoms with Crippen LogP contribution in [0.3, 0.4) is 0 Å². The van der Waals surface area contributed by atoms with Crippen LogP contribution in [0, 0.1) is 17.5 Å². The van der Waals surface area contributed by atoms with Crippen molar-refractivity contribution in [1.29, 1.82) is 0 Å². The van der Waals surface area contributed by atoms with E-state index in [1.54, 1.807) is 7.11 Å². The summed E-state index contributed by atoms with van der Waals surface area (Å²) in [5.74, 6) is -4.93. The molecule has 0 aromatic heterocycles. The number of amides is 1. The number of piperazine rings is 1. The fourth-order valence-corrected chi connectivity index (χ4v) is 2.47. The number of benzene rings is 1. The van der Waals surface area contributed by atoms with Gasteiger partial charge in [-0.25, -0.2) is 13.2 Å². The molecular formula is C15H19F3N2O2. The Hall–Kier alpha value is -1.60. The molecule has 0 spiro atoms. The van der Waals surface area contributed by atoms with Crippen molar-refractivity contribution in [2.45, 2.75) is 6.42 Å². The first-order chi connectivity index (χ1) is 10.5. The number of hydrogen-bond donors (Lipinski definition) is 0. The summed E-state index contributed by atoms with van der Waals surface area (Å²) >= 11 is 0. The molecule has 1 fully saturated rings. The number of nitrogens with zero attached hydrogens (tertiary/aromatic N) is 2. The molecule has 2 rings (SSSR count). The molecule has 1 aromatic carbocycles. The van der Waals surface area contributed by atoms with Gasteiger partial charge >= 0.3 is 0 Å². The van der Waals surface area contributed by atoms with E-state index in [1.165, 1.54) is 4.90 Å². The SMILES string of the molecule is COCCCN1CCN(C(=O)c2ccc(F)c(F)c2F)CC1. The molecule has 1 aromatic rings. The molecule has 0 unspecified atom stereocenters. The minimum absolute atomic E-state index is 0.424. The predicted octanol–water partition coefficient (Wildman–Crippen LogP) is 1.90. The third kappa shape index (κ3) is 3.78. The monoisotopic (exact) mass is 316 g/mol. The molecular weight excluding hydrogens is 297 g/mol. The quantitative estimate of drug-likeness (QED) is 0.614. The molecule has 0 N–H and O–H groups in total. The first kappa shape index (κ1) is 16.8. The van der Waals surface area contributed by atoms with Gasteiger partial charge in [0, 0.05) is 46.4 Å². The average Bonchev–Trinajstić information content (AvgIpc) is 2.53. The molecule has 1 amide bonds. The van der Waals surface area contributed by atoms with Crippen LogP contribution in [0.2, 0.25) is 0 Å². The van der Waals surface area contributed by atoms with E-state index in [4.69, 9.17) is 4.74 Å². The highest BCUT2D eigenvalue weighted by molar-refractivity contribution is 5.94. The van der Waals surface area contributed by atoms with Gasteiger partial charge < -0.3 is 9.64 Å². The summed E-state index contributed by atoms with van der Waals surface area (Å²) in [4.78, 5) is 15.9. The summed E-state index contributed by atoms with van der Waals surface area (Å²) in [5.41, 5.74) is -0.424. The fourth-order valence-electron chi connectivity index (χ4n) is 2.47. The number of ether oxygens (including phenoxy) is 1. The van der Waals surface area contributed by atoms with Gasteiger partial charge in [0.2, 0.25) is 0 Å². The summed E-state index contributed by atoms with van der Waals surface area (Å²) in [7, 11) is 1.65. The second-order valence-corrected chi connectivity index (χ2v) is 5.20. The van der Waals surface area contributed by atoms with Crippen LogP contribution in [0.1, 0.15) is 16.8 Å². The normalized spacial score (nSPS) is 16.1. The van der Waals surface area contributed by atoms with E-state index in [0.717, 1.165) is 25.1 Å². The average molecular weight is 316 g/mol. The second kappa shape index (κ2) is 7.60. The first-order valence-electron chi connectivity index (χ1n) is 7.18. The lowest BCUT2D eigenvalue weighted by Crippen LogP contribution is -2.49. The van der Waals surface area contributed by atoms with E-state index in [-0.39, 0.29) is 0 Å². The van der Waals surface area contributed by atoms with Gasteiger partial charge in [-0.1, -0.05) is 0 Å². The third-order valence-electron chi connectivity index (χ3n) is 3.75. The van der Waals surface area contributed by atoms with E-state index in [0.29, 0.717) is 32.8 Å². The minimum atomic E-state index is -1.61. The number of carbonyl (C=O) groups excluding carboxylic acids is 1. The van der Waals surface area contributed by atoms with E-state index in [1.807, 2.05) is 0 Å². The zero-order valence-electron chi connectivity index (χ0n) is 12.4. The van der Waals surface area contributed by atoms with Gasteiger partial charge in [0.05, 0.1) is 5.56 Å². The van der Waals surface area contributed by atoms with Crippen LogP contribution >= 0.6 is 0 Å². The Labute approximate surface area is 127 Å². The standard InChI is InChI=1S/C15H19F3N2O2/c1-22-10-2-5-19-6-8-20(9-7-19)15(21)11-3-4-12(16)14(18)13(11)17/h3-4H,2,5-10H2,1H3. The summed E-state index contributed by atoms with van der Waals surface area (Å²) in [6.45, 7) is 3.75. The summed E-state index contributed by atoms with van der Waals surface area (Å²) in [6, 6.07) is 1.76. The van der Waals surface area contributed by atoms with Crippen molar-refractivity contribution in [3.63, 3.8) is 0 Å². The van der Waals surface area contributed by atoms with Crippen LogP contribution in [-0.2, 0) is 4.74 Å². The van der Waals surface area contributed by atoms with Crippen LogP contribution in [0.25, 0.3) is 0 Å². The Morgan fingerprint density at radius 3 is 2.45 bits per heavy atom. The summed E-state index contributed by atoms with van der Waals surface area (Å²) < 4.78 is 44.8. The maximum atomic E-state index is 13.7. The third-order valence-corrected chi connectivity index (χ3v) is 3.75. The topological polar surface area (TPSA) is 32.8 Å². The number of methoxy groups -OCH3 is 1. The summed E-state index contributed by atoms with van der Waals surface area (Å²) in [5, 5.41) is 0. The molecule has 1 heterocycles. The fraction of sp³-hybridized carbons (Fsp3) is 0.533. The van der Waals surface area contributed by atoms with Gasteiger partial charge in [0.25, 0.3) is 5.91 Å². The van der Waals surface area contributed by atoms with Crippen molar-refractivity contribution in [1.82, 2.24) is 9.80 Å². The molecule has 4 nitrogen and oxygen atoms in total.